The van der Waals surface area contributed by atoms with Gasteiger partial charge in [0, 0.05) is 0 Å². The molecule has 13 nitrogen and oxygen atoms in total. The summed E-state index contributed by atoms with van der Waals surface area (Å²) >= 11 is 0. The van der Waals surface area contributed by atoms with E-state index in [0.29, 0.717) is 12.8 Å². The van der Waals surface area contributed by atoms with Crippen molar-refractivity contribution in [1.29, 1.82) is 0 Å². The number of carboxylic acid groups (broad SMARTS) is 1. The van der Waals surface area contributed by atoms with E-state index in [2.05, 4.69) is 15.6 Å². The molecule has 17 heteroatoms. The zero-order chi connectivity index (χ0) is 25.5. The van der Waals surface area contributed by atoms with Crippen molar-refractivity contribution in [3.63, 3.8) is 0 Å². The molecule has 2 N–H and O–H groups in total. The summed E-state index contributed by atoms with van der Waals surface area (Å²) in [6.07, 6.45) is 6.92. The Balaban J connectivity index is -0.00000512. The van der Waals surface area contributed by atoms with E-state index in [1.807, 2.05) is 0 Å². The Morgan fingerprint density at radius 1 is 0.857 bits per heavy atom. The monoisotopic (exact) mass is 564 g/mol. The van der Waals surface area contributed by atoms with Crippen LogP contribution in [0.3, 0.4) is 0 Å². The molecule has 0 aliphatic rings. The number of aliphatic carboxylic acids is 1. The summed E-state index contributed by atoms with van der Waals surface area (Å²) in [5.41, 5.74) is -3.40. The number of esters is 1. The quantitative estimate of drug-likeness (QED) is 0.0375. The summed E-state index contributed by atoms with van der Waals surface area (Å²) in [6.45, 7) is 2.00. The predicted octanol–water partition coefficient (Wildman–Crippen LogP) is -5.16. The van der Waals surface area contributed by atoms with E-state index in [9.17, 15) is 37.0 Å². The summed E-state index contributed by atoms with van der Waals surface area (Å²) in [5.74, 6) is -5.75. The van der Waals surface area contributed by atoms with Crippen molar-refractivity contribution >= 4 is 36.1 Å². The van der Waals surface area contributed by atoms with Crippen LogP contribution >= 0.6 is 7.82 Å². The Bertz CT molecular complexity index is 787. The average molecular weight is 564 g/mol. The molecule has 0 aromatic rings. The SMILES string of the molecule is CCCCCCCCCCCCOC(=O)CC(CC(=O)OP(=O)(O)O)(OS(=O)(=O)[O-])C(=O)[O-].[Na+].[Na+]. The zero-order valence-electron chi connectivity index (χ0n) is 20.4. The minimum atomic E-state index is -5.79. The van der Waals surface area contributed by atoms with E-state index < -0.39 is 54.6 Å². The van der Waals surface area contributed by atoms with Crippen molar-refractivity contribution in [1.82, 2.24) is 0 Å². The predicted molar refractivity (Wildman–Crippen MR) is 109 cm³/mol. The van der Waals surface area contributed by atoms with Gasteiger partial charge >= 0.3 is 78.9 Å². The molecule has 0 fully saturated rings. The Hall–Kier alpha value is 0.430. The minimum Gasteiger partial charge on any atom is -0.725 e. The Morgan fingerprint density at radius 3 is 1.69 bits per heavy atom. The molecule has 0 aliphatic carbocycles. The molecule has 0 aromatic carbocycles. The zero-order valence-corrected chi connectivity index (χ0v) is 26.1. The first-order valence-corrected chi connectivity index (χ1v) is 13.4. The summed E-state index contributed by atoms with van der Waals surface area (Å²) in [7, 11) is -11.2. The van der Waals surface area contributed by atoms with Crippen LogP contribution in [0.4, 0.5) is 0 Å². The first kappa shape index (κ1) is 39.9. The van der Waals surface area contributed by atoms with E-state index in [1.165, 1.54) is 25.7 Å². The van der Waals surface area contributed by atoms with Crippen LogP contribution in [0.25, 0.3) is 0 Å². The van der Waals surface area contributed by atoms with Crippen molar-refractivity contribution in [3.8, 4) is 0 Å². The molecule has 0 radical (unpaired) electrons. The number of carboxylic acids is 1. The van der Waals surface area contributed by atoms with Gasteiger partial charge in [0.15, 0.2) is 0 Å². The first-order valence-electron chi connectivity index (χ1n) is 10.5. The molecule has 0 heterocycles. The number of hydrogen-bond acceptors (Lipinski definition) is 11. The summed E-state index contributed by atoms with van der Waals surface area (Å²) < 4.78 is 55.8. The van der Waals surface area contributed by atoms with Gasteiger partial charge in [-0.1, -0.05) is 64.7 Å². The van der Waals surface area contributed by atoms with Gasteiger partial charge in [0.05, 0.1) is 25.4 Å². The van der Waals surface area contributed by atoms with Gasteiger partial charge in [-0.15, -0.1) is 0 Å². The van der Waals surface area contributed by atoms with Crippen LogP contribution in [-0.2, 0) is 42.8 Å². The number of unbranched alkanes of at least 4 members (excludes halogenated alkanes) is 9. The molecule has 0 amide bonds. The second-order valence-corrected chi connectivity index (χ2v) is 9.63. The molecule has 0 spiro atoms. The number of carbonyl (C=O) groups is 3. The standard InChI is InChI=1S/C18H33O13PS.2Na/c1-2-3-4-5-6-7-8-9-10-11-12-29-15(19)13-18(17(21)22,31-33(26,27)28)14-16(20)30-32(23,24)25;;/h2-14H2,1H3,(H,21,22)(H2,23,24,25)(H,26,27,28);;/q;2*+1/p-2. The minimum absolute atomic E-state index is 0. The van der Waals surface area contributed by atoms with Gasteiger partial charge in [-0.05, 0) is 6.42 Å². The summed E-state index contributed by atoms with van der Waals surface area (Å²) in [5, 5.41) is 11.4. The van der Waals surface area contributed by atoms with E-state index in [1.54, 1.807) is 0 Å². The third kappa shape index (κ3) is 22.2. The van der Waals surface area contributed by atoms with Gasteiger partial charge in [-0.3, -0.25) is 23.6 Å². The number of phosphoric acid groups is 1. The second kappa shape index (κ2) is 20.4. The largest absolute Gasteiger partial charge is 1.00 e. The van der Waals surface area contributed by atoms with Crippen molar-refractivity contribution in [2.24, 2.45) is 0 Å². The van der Waals surface area contributed by atoms with Crippen molar-refractivity contribution in [2.75, 3.05) is 6.61 Å². The van der Waals surface area contributed by atoms with Crippen LogP contribution in [0, 0.1) is 0 Å². The van der Waals surface area contributed by atoms with Gasteiger partial charge in [0.1, 0.15) is 5.60 Å². The number of phosphoric ester groups is 1. The van der Waals surface area contributed by atoms with Gasteiger partial charge in [-0.25, -0.2) is 13.0 Å². The fraction of sp³-hybridized carbons (Fsp3) is 0.833. The van der Waals surface area contributed by atoms with Crippen LogP contribution in [0.5, 0.6) is 0 Å². The van der Waals surface area contributed by atoms with Crippen LogP contribution in [-0.4, -0.2) is 52.9 Å². The van der Waals surface area contributed by atoms with Gasteiger partial charge in [0.25, 0.3) is 0 Å². The molecular weight excluding hydrogens is 533 g/mol. The Labute approximate surface area is 249 Å². The maximum Gasteiger partial charge on any atom is 1.00 e. The molecule has 1 atom stereocenters. The number of hydrogen-bond donors (Lipinski definition) is 2. The normalized spacial score (nSPS) is 13.0. The maximum absolute atomic E-state index is 12.0. The maximum atomic E-state index is 12.0. The molecule has 0 saturated heterocycles. The Morgan fingerprint density at radius 2 is 1.29 bits per heavy atom. The van der Waals surface area contributed by atoms with E-state index in [0.717, 1.165) is 25.7 Å². The van der Waals surface area contributed by atoms with Crippen molar-refractivity contribution < 1.29 is 119 Å². The van der Waals surface area contributed by atoms with Gasteiger partial charge in [0.2, 0.25) is 10.4 Å². The fourth-order valence-electron chi connectivity index (χ4n) is 2.95. The molecule has 35 heavy (non-hydrogen) atoms. The Kier molecular flexibility index (Phi) is 23.3. The van der Waals surface area contributed by atoms with Crippen molar-refractivity contribution in [3.05, 3.63) is 0 Å². The van der Waals surface area contributed by atoms with Gasteiger partial charge < -0.3 is 23.7 Å². The topological polar surface area (TPSA) is 217 Å². The third-order valence-electron chi connectivity index (χ3n) is 4.48. The van der Waals surface area contributed by atoms with Crippen LogP contribution in [0.1, 0.15) is 84.0 Å². The molecule has 0 rings (SSSR count). The molecule has 0 aliphatic heterocycles. The van der Waals surface area contributed by atoms with Crippen LogP contribution in [0.2, 0.25) is 0 Å². The molecule has 0 saturated carbocycles. The number of rotatable bonds is 19. The van der Waals surface area contributed by atoms with E-state index in [4.69, 9.17) is 14.5 Å². The smallest absolute Gasteiger partial charge is 0.725 e. The number of ether oxygens (including phenoxy) is 1. The molecule has 0 bridgehead atoms. The molecular formula is C18H31Na2O13PS. The van der Waals surface area contributed by atoms with Gasteiger partial charge in [-0.2, -0.15) is 0 Å². The second-order valence-electron chi connectivity index (χ2n) is 7.48. The van der Waals surface area contributed by atoms with E-state index in [-0.39, 0.29) is 65.7 Å². The average Bonchev–Trinajstić information content (AvgIpc) is 2.62. The molecule has 194 valence electrons. The molecule has 0 aromatic heterocycles. The van der Waals surface area contributed by atoms with Crippen LogP contribution in [0.15, 0.2) is 0 Å². The fourth-order valence-corrected chi connectivity index (χ4v) is 3.86. The number of carbonyl (C=O) groups excluding carboxylic acids is 3. The summed E-state index contributed by atoms with van der Waals surface area (Å²) in [6, 6.07) is 0. The first-order chi connectivity index (χ1) is 15.2. The van der Waals surface area contributed by atoms with Crippen LogP contribution < -0.4 is 64.2 Å². The van der Waals surface area contributed by atoms with Crippen molar-refractivity contribution in [2.45, 2.75) is 89.6 Å². The summed E-state index contributed by atoms with van der Waals surface area (Å²) in [4.78, 5) is 52.2. The molecule has 1 unspecified atom stereocenters. The van der Waals surface area contributed by atoms with E-state index >= 15 is 0 Å². The third-order valence-corrected chi connectivity index (χ3v) is 5.44.